The van der Waals surface area contributed by atoms with Crippen molar-refractivity contribution in [1.29, 1.82) is 0 Å². The van der Waals surface area contributed by atoms with Gasteiger partial charge in [-0.25, -0.2) is 9.18 Å². The van der Waals surface area contributed by atoms with Crippen LogP contribution in [0, 0.1) is 5.82 Å². The highest BCUT2D eigenvalue weighted by atomic mass is 19.1. The van der Waals surface area contributed by atoms with E-state index in [2.05, 4.69) is 10.6 Å². The summed E-state index contributed by atoms with van der Waals surface area (Å²) in [6.07, 6.45) is -0.107. The third kappa shape index (κ3) is 6.44. The van der Waals surface area contributed by atoms with Crippen molar-refractivity contribution < 1.29 is 28.2 Å². The first-order valence-electron chi connectivity index (χ1n) is 10.6. The number of fused-ring (bicyclic) bond motifs is 1. The molecule has 8 nitrogen and oxygen atoms in total. The Kier molecular flexibility index (Phi) is 7.20. The molecule has 176 valence electrons. The van der Waals surface area contributed by atoms with Crippen LogP contribution in [0.1, 0.15) is 54.7 Å². The summed E-state index contributed by atoms with van der Waals surface area (Å²) < 4.78 is 25.4. The van der Waals surface area contributed by atoms with Gasteiger partial charge in [-0.1, -0.05) is 30.3 Å². The van der Waals surface area contributed by atoms with Crippen LogP contribution in [-0.4, -0.2) is 36.2 Å². The number of carbonyl (C=O) groups excluding carboxylic acids is 3. The van der Waals surface area contributed by atoms with Crippen LogP contribution in [0.2, 0.25) is 0 Å². The molecule has 2 atom stereocenters. The normalized spacial score (nSPS) is 16.1. The topological polar surface area (TPSA) is 120 Å². The van der Waals surface area contributed by atoms with Gasteiger partial charge < -0.3 is 25.8 Å². The Morgan fingerprint density at radius 1 is 1.21 bits per heavy atom. The number of alkyl carbamates (subject to hydrolysis) is 1. The maximum absolute atomic E-state index is 14.5. The monoisotopic (exact) mass is 457 g/mol. The molecule has 0 spiro atoms. The molecule has 33 heavy (non-hydrogen) atoms. The predicted octanol–water partition coefficient (Wildman–Crippen LogP) is 3.00. The first-order chi connectivity index (χ1) is 15.5. The summed E-state index contributed by atoms with van der Waals surface area (Å²) in [6, 6.07) is 9.70. The zero-order chi connectivity index (χ0) is 24.2. The number of carbonyl (C=O) groups is 3. The van der Waals surface area contributed by atoms with Gasteiger partial charge in [0.1, 0.15) is 23.2 Å². The first kappa shape index (κ1) is 24.0. The lowest BCUT2D eigenvalue weighted by molar-refractivity contribution is -0.119. The zero-order valence-electron chi connectivity index (χ0n) is 18.8. The molecular weight excluding hydrogens is 429 g/mol. The second-order valence-corrected chi connectivity index (χ2v) is 8.83. The smallest absolute Gasteiger partial charge is 0.408 e. The van der Waals surface area contributed by atoms with Crippen LogP contribution in [0.5, 0.6) is 5.75 Å². The SMILES string of the molecule is CC(C)(C)OC(=O)N[C@H]1CCOc2c(C(=O)N[C@@H](Cc3ccccc3)C(N)=O)cc(F)cc21. The van der Waals surface area contributed by atoms with Crippen LogP contribution < -0.4 is 21.1 Å². The number of benzene rings is 2. The Hall–Kier alpha value is -3.62. The highest BCUT2D eigenvalue weighted by Crippen LogP contribution is 2.36. The molecule has 0 aromatic heterocycles. The van der Waals surface area contributed by atoms with Crippen molar-refractivity contribution >= 4 is 17.9 Å². The molecule has 0 unspecified atom stereocenters. The molecule has 9 heteroatoms. The number of ether oxygens (including phenoxy) is 2. The molecule has 1 aliphatic rings. The Bertz CT molecular complexity index is 1040. The summed E-state index contributed by atoms with van der Waals surface area (Å²) in [7, 11) is 0. The zero-order valence-corrected chi connectivity index (χ0v) is 18.8. The number of nitrogens with one attached hydrogen (secondary N) is 2. The number of halogens is 1. The van der Waals surface area contributed by atoms with Crippen LogP contribution in [0.25, 0.3) is 0 Å². The molecule has 1 heterocycles. The lowest BCUT2D eigenvalue weighted by Gasteiger charge is -2.29. The number of amides is 3. The lowest BCUT2D eigenvalue weighted by Crippen LogP contribution is -2.46. The number of nitrogens with two attached hydrogens (primary N) is 1. The molecule has 0 bridgehead atoms. The van der Waals surface area contributed by atoms with Crippen molar-refractivity contribution in [2.75, 3.05) is 6.61 Å². The summed E-state index contributed by atoms with van der Waals surface area (Å²) in [5, 5.41) is 5.28. The average molecular weight is 458 g/mol. The van der Waals surface area contributed by atoms with Gasteiger partial charge in [0.05, 0.1) is 18.2 Å². The number of rotatable bonds is 6. The highest BCUT2D eigenvalue weighted by molar-refractivity contribution is 6.00. The molecule has 3 rings (SSSR count). The molecule has 1 aliphatic heterocycles. The van der Waals surface area contributed by atoms with Gasteiger partial charge in [0, 0.05) is 18.4 Å². The first-order valence-corrected chi connectivity index (χ1v) is 10.6. The Morgan fingerprint density at radius 3 is 2.55 bits per heavy atom. The van der Waals surface area contributed by atoms with Gasteiger partial charge in [-0.2, -0.15) is 0 Å². The van der Waals surface area contributed by atoms with Crippen LogP contribution in [0.3, 0.4) is 0 Å². The van der Waals surface area contributed by atoms with Gasteiger partial charge in [-0.3, -0.25) is 9.59 Å². The van der Waals surface area contributed by atoms with E-state index in [1.54, 1.807) is 20.8 Å². The molecule has 4 N–H and O–H groups in total. The van der Waals surface area contributed by atoms with E-state index in [1.807, 2.05) is 30.3 Å². The molecular formula is C24H28FN3O5. The second-order valence-electron chi connectivity index (χ2n) is 8.83. The molecule has 0 saturated carbocycles. The quantitative estimate of drug-likeness (QED) is 0.616. The second kappa shape index (κ2) is 9.89. The summed E-state index contributed by atoms with van der Waals surface area (Å²) in [6.45, 7) is 5.40. The van der Waals surface area contributed by atoms with Crippen molar-refractivity contribution in [3.63, 3.8) is 0 Å². The lowest BCUT2D eigenvalue weighted by atomic mass is 9.96. The Balaban J connectivity index is 1.83. The summed E-state index contributed by atoms with van der Waals surface area (Å²) in [5.74, 6) is -1.96. The van der Waals surface area contributed by atoms with Gasteiger partial charge in [0.2, 0.25) is 5.91 Å². The molecule has 0 radical (unpaired) electrons. The highest BCUT2D eigenvalue weighted by Gasteiger charge is 2.31. The van der Waals surface area contributed by atoms with Crippen molar-refractivity contribution in [3.05, 3.63) is 65.0 Å². The van der Waals surface area contributed by atoms with Crippen molar-refractivity contribution in [3.8, 4) is 5.75 Å². The van der Waals surface area contributed by atoms with Gasteiger partial charge in [-0.05, 0) is 38.5 Å². The Morgan fingerprint density at radius 2 is 1.91 bits per heavy atom. The van der Waals surface area contributed by atoms with E-state index in [0.717, 1.165) is 11.6 Å². The van der Waals surface area contributed by atoms with Crippen molar-refractivity contribution in [1.82, 2.24) is 10.6 Å². The van der Waals surface area contributed by atoms with Crippen molar-refractivity contribution in [2.45, 2.75) is 51.3 Å². The molecule has 3 amide bonds. The van der Waals surface area contributed by atoms with Crippen LogP contribution in [0.15, 0.2) is 42.5 Å². The minimum absolute atomic E-state index is 0.0833. The van der Waals surface area contributed by atoms with E-state index in [-0.39, 0.29) is 24.3 Å². The van der Waals surface area contributed by atoms with Crippen LogP contribution in [-0.2, 0) is 16.0 Å². The van der Waals surface area contributed by atoms with Gasteiger partial charge in [0.15, 0.2) is 0 Å². The summed E-state index contributed by atoms with van der Waals surface area (Å²) >= 11 is 0. The standard InChI is InChI=1S/C24H28FN3O5/c1-24(2,3)33-23(31)28-18-9-10-32-20-16(18)12-15(25)13-17(20)22(30)27-19(21(26)29)11-14-7-5-4-6-8-14/h4-8,12-13,18-19H,9-11H2,1-3H3,(H2,26,29)(H,27,30)(H,28,31)/t18-,19-/m0/s1. The maximum atomic E-state index is 14.5. The predicted molar refractivity (Wildman–Crippen MR) is 119 cm³/mol. The average Bonchev–Trinajstić information content (AvgIpc) is 2.72. The number of hydrogen-bond donors (Lipinski definition) is 3. The van der Waals surface area contributed by atoms with Gasteiger partial charge in [-0.15, -0.1) is 0 Å². The van der Waals surface area contributed by atoms with E-state index < -0.39 is 41.4 Å². The minimum Gasteiger partial charge on any atom is -0.492 e. The Labute approximate surface area is 191 Å². The van der Waals surface area contributed by atoms with Gasteiger partial charge >= 0.3 is 6.09 Å². The fraction of sp³-hybridized carbons (Fsp3) is 0.375. The summed E-state index contributed by atoms with van der Waals surface area (Å²) in [5.41, 5.74) is 5.82. The third-order valence-electron chi connectivity index (χ3n) is 4.98. The number of hydrogen-bond acceptors (Lipinski definition) is 5. The minimum atomic E-state index is -1.00. The van der Waals surface area contributed by atoms with E-state index in [4.69, 9.17) is 15.2 Å². The number of primary amides is 1. The molecule has 2 aromatic carbocycles. The van der Waals surface area contributed by atoms with E-state index in [1.165, 1.54) is 6.07 Å². The fourth-order valence-electron chi connectivity index (χ4n) is 3.55. The molecule has 0 aliphatic carbocycles. The summed E-state index contributed by atoms with van der Waals surface area (Å²) in [4.78, 5) is 37.2. The van der Waals surface area contributed by atoms with Crippen molar-refractivity contribution in [2.24, 2.45) is 5.73 Å². The maximum Gasteiger partial charge on any atom is 0.408 e. The van der Waals surface area contributed by atoms with Gasteiger partial charge in [0.25, 0.3) is 5.91 Å². The largest absolute Gasteiger partial charge is 0.492 e. The molecule has 0 saturated heterocycles. The van der Waals surface area contributed by atoms with E-state index in [9.17, 15) is 18.8 Å². The third-order valence-corrected chi connectivity index (χ3v) is 4.98. The fourth-order valence-corrected chi connectivity index (χ4v) is 3.55. The van der Waals surface area contributed by atoms with Crippen LogP contribution in [0.4, 0.5) is 9.18 Å². The van der Waals surface area contributed by atoms with E-state index in [0.29, 0.717) is 12.0 Å². The van der Waals surface area contributed by atoms with Crippen LogP contribution >= 0.6 is 0 Å². The molecule has 0 fully saturated rings. The molecule has 2 aromatic rings. The van der Waals surface area contributed by atoms with E-state index >= 15 is 0 Å².